The number of benzene rings is 2. The molecule has 3 rings (SSSR count). The van der Waals surface area contributed by atoms with Gasteiger partial charge < -0.3 is 10.1 Å². The quantitative estimate of drug-likeness (QED) is 0.520. The standard InChI is InChI=1S/C19H16BrFN2O4S2/c1-23(29(25,26)19-3-2-10-28-19)14-5-7-15(8-6-14)27-12-18(24)22-17-9-4-13(20)11-16(17)21/h2-11H,12H2,1H3,(H,22,24). The number of nitrogens with zero attached hydrogens (tertiary/aromatic N) is 1. The Kier molecular flexibility index (Phi) is 6.56. The average molecular weight is 499 g/mol. The molecule has 3 aromatic rings. The fourth-order valence-electron chi connectivity index (χ4n) is 2.36. The van der Waals surface area contributed by atoms with Crippen LogP contribution in [0.25, 0.3) is 0 Å². The van der Waals surface area contributed by atoms with Gasteiger partial charge in [-0.3, -0.25) is 9.10 Å². The fraction of sp³-hybridized carbons (Fsp3) is 0.105. The van der Waals surface area contributed by atoms with Gasteiger partial charge in [0.05, 0.1) is 11.4 Å². The molecule has 0 fully saturated rings. The van der Waals surface area contributed by atoms with Crippen molar-refractivity contribution in [2.45, 2.75) is 4.21 Å². The highest BCUT2D eigenvalue weighted by Gasteiger charge is 2.22. The van der Waals surface area contributed by atoms with E-state index in [0.717, 1.165) is 11.3 Å². The molecular formula is C19H16BrFN2O4S2. The van der Waals surface area contributed by atoms with Crippen molar-refractivity contribution in [3.8, 4) is 5.75 Å². The molecule has 0 saturated carbocycles. The maximum Gasteiger partial charge on any atom is 0.273 e. The molecule has 2 aromatic carbocycles. The minimum atomic E-state index is -3.62. The Morgan fingerprint density at radius 1 is 1.21 bits per heavy atom. The van der Waals surface area contributed by atoms with E-state index in [1.165, 1.54) is 23.5 Å². The van der Waals surface area contributed by atoms with Gasteiger partial charge in [-0.05, 0) is 53.9 Å². The predicted molar refractivity (Wildman–Crippen MR) is 115 cm³/mol. The molecule has 1 N–H and O–H groups in total. The molecule has 0 unspecified atom stereocenters. The summed E-state index contributed by atoms with van der Waals surface area (Å²) in [6.07, 6.45) is 0. The summed E-state index contributed by atoms with van der Waals surface area (Å²) in [7, 11) is -2.16. The second-order valence-corrected chi connectivity index (χ2v) is 9.92. The van der Waals surface area contributed by atoms with E-state index >= 15 is 0 Å². The number of hydrogen-bond acceptors (Lipinski definition) is 5. The van der Waals surface area contributed by atoms with Gasteiger partial charge in [0.2, 0.25) is 0 Å². The van der Waals surface area contributed by atoms with Crippen LogP contribution in [-0.4, -0.2) is 28.0 Å². The normalized spacial score (nSPS) is 11.1. The summed E-state index contributed by atoms with van der Waals surface area (Å²) in [5, 5.41) is 4.12. The minimum absolute atomic E-state index is 0.0533. The molecule has 6 nitrogen and oxygen atoms in total. The Balaban J connectivity index is 1.60. The van der Waals surface area contributed by atoms with Gasteiger partial charge >= 0.3 is 0 Å². The Labute approximate surface area is 180 Å². The van der Waals surface area contributed by atoms with E-state index in [0.29, 0.717) is 15.9 Å². The van der Waals surface area contributed by atoms with Crippen molar-refractivity contribution in [1.82, 2.24) is 0 Å². The van der Waals surface area contributed by atoms with Crippen LogP contribution in [-0.2, 0) is 14.8 Å². The van der Waals surface area contributed by atoms with Gasteiger partial charge in [0.1, 0.15) is 15.8 Å². The first-order valence-electron chi connectivity index (χ1n) is 8.27. The highest BCUT2D eigenvalue weighted by atomic mass is 79.9. The lowest BCUT2D eigenvalue weighted by atomic mass is 10.3. The van der Waals surface area contributed by atoms with Crippen molar-refractivity contribution in [3.05, 3.63) is 70.3 Å². The van der Waals surface area contributed by atoms with E-state index in [9.17, 15) is 17.6 Å². The van der Waals surface area contributed by atoms with Crippen molar-refractivity contribution in [2.75, 3.05) is 23.3 Å². The third-order valence-electron chi connectivity index (χ3n) is 3.89. The fourth-order valence-corrected chi connectivity index (χ4v) is 5.05. The largest absolute Gasteiger partial charge is 0.484 e. The summed E-state index contributed by atoms with van der Waals surface area (Å²) in [5.74, 6) is -0.707. The second-order valence-electron chi connectivity index (χ2n) is 5.86. The van der Waals surface area contributed by atoms with E-state index in [1.807, 2.05) is 0 Å². The van der Waals surface area contributed by atoms with Crippen molar-refractivity contribution in [1.29, 1.82) is 0 Å². The number of hydrogen-bond donors (Lipinski definition) is 1. The van der Waals surface area contributed by atoms with Gasteiger partial charge in [-0.25, -0.2) is 12.8 Å². The summed E-state index contributed by atoms with van der Waals surface area (Å²) < 4.78 is 46.2. The Morgan fingerprint density at radius 2 is 1.93 bits per heavy atom. The molecule has 1 aromatic heterocycles. The zero-order valence-corrected chi connectivity index (χ0v) is 18.4. The number of carbonyl (C=O) groups is 1. The smallest absolute Gasteiger partial charge is 0.273 e. The topological polar surface area (TPSA) is 75.7 Å². The van der Waals surface area contributed by atoms with Gasteiger partial charge in [-0.2, -0.15) is 0 Å². The van der Waals surface area contributed by atoms with Crippen LogP contribution in [0.2, 0.25) is 0 Å². The molecule has 0 spiro atoms. The van der Waals surface area contributed by atoms with E-state index in [-0.39, 0.29) is 16.5 Å². The molecule has 0 radical (unpaired) electrons. The molecule has 0 saturated heterocycles. The zero-order chi connectivity index (χ0) is 21.0. The predicted octanol–water partition coefficient (Wildman–Crippen LogP) is 4.49. The molecule has 0 atom stereocenters. The van der Waals surface area contributed by atoms with Crippen molar-refractivity contribution in [3.63, 3.8) is 0 Å². The van der Waals surface area contributed by atoms with Crippen LogP contribution >= 0.6 is 27.3 Å². The first-order chi connectivity index (χ1) is 13.8. The maximum atomic E-state index is 13.8. The summed E-state index contributed by atoms with van der Waals surface area (Å²) in [6, 6.07) is 13.8. The van der Waals surface area contributed by atoms with Crippen molar-refractivity contribution in [2.24, 2.45) is 0 Å². The summed E-state index contributed by atoms with van der Waals surface area (Å²) in [4.78, 5) is 12.0. The highest BCUT2D eigenvalue weighted by molar-refractivity contribution is 9.10. The Hall–Kier alpha value is -2.43. The second kappa shape index (κ2) is 8.93. The van der Waals surface area contributed by atoms with Gasteiger partial charge in [0.25, 0.3) is 15.9 Å². The highest BCUT2D eigenvalue weighted by Crippen LogP contribution is 2.26. The molecular weight excluding hydrogens is 483 g/mol. The number of carbonyl (C=O) groups excluding carboxylic acids is 1. The Morgan fingerprint density at radius 3 is 2.55 bits per heavy atom. The monoisotopic (exact) mass is 498 g/mol. The van der Waals surface area contributed by atoms with E-state index in [4.69, 9.17) is 4.74 Å². The number of thiophene rings is 1. The molecule has 1 amide bonds. The van der Waals surface area contributed by atoms with Crippen LogP contribution in [0.3, 0.4) is 0 Å². The third-order valence-corrected chi connectivity index (χ3v) is 7.54. The van der Waals surface area contributed by atoms with E-state index < -0.39 is 21.7 Å². The molecule has 0 aliphatic heterocycles. The zero-order valence-electron chi connectivity index (χ0n) is 15.1. The third kappa shape index (κ3) is 5.14. The van der Waals surface area contributed by atoms with Gasteiger partial charge in [0, 0.05) is 11.5 Å². The van der Waals surface area contributed by atoms with Crippen LogP contribution < -0.4 is 14.4 Å². The lowest BCUT2D eigenvalue weighted by molar-refractivity contribution is -0.118. The van der Waals surface area contributed by atoms with Gasteiger partial charge in [0.15, 0.2) is 6.61 Å². The lowest BCUT2D eigenvalue weighted by Gasteiger charge is -2.18. The number of nitrogens with one attached hydrogen (secondary N) is 1. The summed E-state index contributed by atoms with van der Waals surface area (Å²) >= 11 is 4.29. The van der Waals surface area contributed by atoms with Crippen LogP contribution in [0, 0.1) is 5.82 Å². The van der Waals surface area contributed by atoms with E-state index in [2.05, 4.69) is 21.2 Å². The van der Waals surface area contributed by atoms with Crippen molar-refractivity contribution < 1.29 is 22.3 Å². The number of rotatable bonds is 7. The molecule has 29 heavy (non-hydrogen) atoms. The first-order valence-corrected chi connectivity index (χ1v) is 11.4. The number of anilines is 2. The number of amides is 1. The number of halogens is 2. The number of ether oxygens (including phenoxy) is 1. The molecule has 152 valence electrons. The SMILES string of the molecule is CN(c1ccc(OCC(=O)Nc2ccc(Br)cc2F)cc1)S(=O)(=O)c1cccs1. The van der Waals surface area contributed by atoms with Gasteiger partial charge in [-0.15, -0.1) is 11.3 Å². The van der Waals surface area contributed by atoms with Gasteiger partial charge in [-0.1, -0.05) is 22.0 Å². The summed E-state index contributed by atoms with van der Waals surface area (Å²) in [5.41, 5.74) is 0.504. The van der Waals surface area contributed by atoms with Crippen molar-refractivity contribution >= 4 is 54.6 Å². The lowest BCUT2D eigenvalue weighted by Crippen LogP contribution is -2.25. The molecule has 1 heterocycles. The van der Waals surface area contributed by atoms with E-state index in [1.54, 1.807) is 47.8 Å². The van der Waals surface area contributed by atoms with Crippen LogP contribution in [0.4, 0.5) is 15.8 Å². The Bertz CT molecular complexity index is 1100. The molecule has 0 bridgehead atoms. The number of sulfonamides is 1. The molecule has 0 aliphatic carbocycles. The molecule has 10 heteroatoms. The van der Waals surface area contributed by atoms with Crippen LogP contribution in [0.15, 0.2) is 68.7 Å². The maximum absolute atomic E-state index is 13.8. The van der Waals surface area contributed by atoms with Crippen LogP contribution in [0.5, 0.6) is 5.75 Å². The van der Waals surface area contributed by atoms with Crippen LogP contribution in [0.1, 0.15) is 0 Å². The average Bonchev–Trinajstić information content (AvgIpc) is 3.24. The minimum Gasteiger partial charge on any atom is -0.484 e. The summed E-state index contributed by atoms with van der Waals surface area (Å²) in [6.45, 7) is -0.321. The first kappa shape index (κ1) is 21.3. The molecule has 0 aliphatic rings.